The Morgan fingerprint density at radius 2 is 1.70 bits per heavy atom. The van der Waals surface area contributed by atoms with Gasteiger partial charge in [0.1, 0.15) is 22.9 Å². The molecule has 0 fully saturated rings. The number of amides is 2. The van der Waals surface area contributed by atoms with Crippen LogP contribution in [0, 0.1) is 5.82 Å². The summed E-state index contributed by atoms with van der Waals surface area (Å²) in [6, 6.07) is 10.5. The molecule has 0 saturated heterocycles. The zero-order chi connectivity index (χ0) is 21.5. The highest BCUT2D eigenvalue weighted by atomic mass is 32.2. The second-order valence-electron chi connectivity index (χ2n) is 5.71. The van der Waals surface area contributed by atoms with E-state index < -0.39 is 5.91 Å². The molecule has 2 amide bonds. The third-order valence-corrected chi connectivity index (χ3v) is 5.71. The zero-order valence-corrected chi connectivity index (χ0v) is 17.6. The number of rotatable bonds is 8. The van der Waals surface area contributed by atoms with Crippen LogP contribution < -0.4 is 20.1 Å². The number of hydrogen-bond acceptors (Lipinski definition) is 8. The van der Waals surface area contributed by atoms with Gasteiger partial charge in [-0.15, -0.1) is 10.2 Å². The molecule has 8 nitrogen and oxygen atoms in total. The number of nitrogens with zero attached hydrogens (tertiary/aromatic N) is 2. The first-order chi connectivity index (χ1) is 14.5. The SMILES string of the molecule is COc1cccc(OC)c1C(=O)Nc1nnc(SCC(=O)Nc2ccc(F)cc2)s1. The number of hydrogen-bond donors (Lipinski definition) is 2. The Morgan fingerprint density at radius 3 is 2.33 bits per heavy atom. The van der Waals surface area contributed by atoms with Gasteiger partial charge in [-0.1, -0.05) is 29.2 Å². The molecule has 0 bridgehead atoms. The number of methoxy groups -OCH3 is 2. The first-order valence-corrected chi connectivity index (χ1v) is 10.3. The van der Waals surface area contributed by atoms with Gasteiger partial charge in [0, 0.05) is 5.69 Å². The van der Waals surface area contributed by atoms with Crippen LogP contribution in [-0.2, 0) is 4.79 Å². The van der Waals surface area contributed by atoms with Gasteiger partial charge in [-0.3, -0.25) is 14.9 Å². The van der Waals surface area contributed by atoms with E-state index in [0.717, 1.165) is 11.3 Å². The predicted octanol–water partition coefficient (Wildman–Crippen LogP) is 3.68. The second kappa shape index (κ2) is 10.0. The summed E-state index contributed by atoms with van der Waals surface area (Å²) in [5.74, 6) is -0.291. The van der Waals surface area contributed by atoms with Gasteiger partial charge in [-0.2, -0.15) is 0 Å². The molecular weight excluding hydrogens is 431 g/mol. The molecule has 0 radical (unpaired) electrons. The number of aromatic nitrogens is 2. The van der Waals surface area contributed by atoms with Gasteiger partial charge in [0.15, 0.2) is 4.34 Å². The van der Waals surface area contributed by atoms with E-state index in [4.69, 9.17) is 9.47 Å². The van der Waals surface area contributed by atoms with E-state index in [1.54, 1.807) is 18.2 Å². The molecule has 1 aromatic heterocycles. The molecule has 0 saturated carbocycles. The summed E-state index contributed by atoms with van der Waals surface area (Å²) in [4.78, 5) is 24.7. The van der Waals surface area contributed by atoms with Gasteiger partial charge in [0.25, 0.3) is 5.91 Å². The fourth-order valence-corrected chi connectivity index (χ4v) is 3.96. The number of ether oxygens (including phenoxy) is 2. The second-order valence-corrected chi connectivity index (χ2v) is 7.91. The highest BCUT2D eigenvalue weighted by Gasteiger charge is 2.20. The van der Waals surface area contributed by atoms with Crippen molar-refractivity contribution in [2.24, 2.45) is 0 Å². The van der Waals surface area contributed by atoms with Crippen molar-refractivity contribution in [2.45, 2.75) is 4.34 Å². The fourth-order valence-electron chi connectivity index (χ4n) is 2.41. The molecule has 0 aliphatic heterocycles. The summed E-state index contributed by atoms with van der Waals surface area (Å²) in [6.45, 7) is 0. The lowest BCUT2D eigenvalue weighted by molar-refractivity contribution is -0.113. The van der Waals surface area contributed by atoms with Gasteiger partial charge in [0.2, 0.25) is 11.0 Å². The maximum Gasteiger partial charge on any atom is 0.265 e. The molecule has 3 rings (SSSR count). The molecule has 3 aromatic rings. The molecule has 1 heterocycles. The van der Waals surface area contributed by atoms with Gasteiger partial charge >= 0.3 is 0 Å². The molecule has 2 N–H and O–H groups in total. The predicted molar refractivity (Wildman–Crippen MR) is 113 cm³/mol. The zero-order valence-electron chi connectivity index (χ0n) is 16.0. The normalized spacial score (nSPS) is 10.4. The van der Waals surface area contributed by atoms with E-state index in [1.165, 1.54) is 50.2 Å². The van der Waals surface area contributed by atoms with Crippen molar-refractivity contribution < 1.29 is 23.5 Å². The minimum absolute atomic E-state index is 0.0836. The topological polar surface area (TPSA) is 102 Å². The first kappa shape index (κ1) is 21.5. The Hall–Kier alpha value is -3.18. The van der Waals surface area contributed by atoms with E-state index >= 15 is 0 Å². The summed E-state index contributed by atoms with van der Waals surface area (Å²) in [6.07, 6.45) is 0. The quantitative estimate of drug-likeness (QED) is 0.400. The van der Waals surface area contributed by atoms with Crippen LogP contribution in [-0.4, -0.2) is 42.0 Å². The smallest absolute Gasteiger partial charge is 0.265 e. The Labute approximate surface area is 179 Å². The van der Waals surface area contributed by atoms with E-state index in [-0.39, 0.29) is 28.2 Å². The molecule has 11 heteroatoms. The van der Waals surface area contributed by atoms with Crippen molar-refractivity contribution in [2.75, 3.05) is 30.6 Å². The molecule has 0 spiro atoms. The molecule has 0 atom stereocenters. The number of benzene rings is 2. The third-order valence-electron chi connectivity index (χ3n) is 3.74. The van der Waals surface area contributed by atoms with Gasteiger partial charge < -0.3 is 14.8 Å². The van der Waals surface area contributed by atoms with E-state index in [2.05, 4.69) is 20.8 Å². The highest BCUT2D eigenvalue weighted by molar-refractivity contribution is 8.01. The number of carbonyl (C=O) groups is 2. The number of thioether (sulfide) groups is 1. The summed E-state index contributed by atoms with van der Waals surface area (Å²) in [5, 5.41) is 13.5. The van der Waals surface area contributed by atoms with Crippen LogP contribution in [0.1, 0.15) is 10.4 Å². The Bertz CT molecular complexity index is 1020. The summed E-state index contributed by atoms with van der Waals surface area (Å²) < 4.78 is 23.9. The largest absolute Gasteiger partial charge is 0.496 e. The minimum atomic E-state index is -0.453. The molecule has 30 heavy (non-hydrogen) atoms. The van der Waals surface area contributed by atoms with Crippen LogP contribution in [0.3, 0.4) is 0 Å². The van der Waals surface area contributed by atoms with Crippen molar-refractivity contribution in [1.82, 2.24) is 10.2 Å². The average molecular weight is 449 g/mol. The lowest BCUT2D eigenvalue weighted by Gasteiger charge is -2.11. The first-order valence-electron chi connectivity index (χ1n) is 8.54. The van der Waals surface area contributed by atoms with Gasteiger partial charge in [0.05, 0.1) is 20.0 Å². The monoisotopic (exact) mass is 448 g/mol. The summed E-state index contributed by atoms with van der Waals surface area (Å²) in [7, 11) is 2.92. The van der Waals surface area contributed by atoms with Gasteiger partial charge in [-0.05, 0) is 36.4 Å². The molecular formula is C19H17FN4O4S2. The van der Waals surface area contributed by atoms with Crippen LogP contribution in [0.2, 0.25) is 0 Å². The lowest BCUT2D eigenvalue weighted by atomic mass is 10.1. The fraction of sp³-hybridized carbons (Fsp3) is 0.158. The van der Waals surface area contributed by atoms with Crippen molar-refractivity contribution >= 4 is 45.7 Å². The van der Waals surface area contributed by atoms with Crippen LogP contribution in [0.25, 0.3) is 0 Å². The summed E-state index contributed by atoms with van der Waals surface area (Å²) >= 11 is 2.30. The highest BCUT2D eigenvalue weighted by Crippen LogP contribution is 2.30. The van der Waals surface area contributed by atoms with Crippen LogP contribution >= 0.6 is 23.1 Å². The lowest BCUT2D eigenvalue weighted by Crippen LogP contribution is -2.14. The van der Waals surface area contributed by atoms with Crippen LogP contribution in [0.5, 0.6) is 11.5 Å². The third kappa shape index (κ3) is 5.45. The van der Waals surface area contributed by atoms with Crippen LogP contribution in [0.15, 0.2) is 46.8 Å². The maximum absolute atomic E-state index is 12.9. The number of carbonyl (C=O) groups excluding carboxylic acids is 2. The Balaban J connectivity index is 1.58. The Kier molecular flexibility index (Phi) is 7.20. The Morgan fingerprint density at radius 1 is 1.03 bits per heavy atom. The number of nitrogens with one attached hydrogen (secondary N) is 2. The van der Waals surface area contributed by atoms with Crippen molar-refractivity contribution in [3.05, 3.63) is 53.8 Å². The average Bonchev–Trinajstić information content (AvgIpc) is 3.20. The number of anilines is 2. The van der Waals surface area contributed by atoms with Crippen LogP contribution in [0.4, 0.5) is 15.2 Å². The minimum Gasteiger partial charge on any atom is -0.496 e. The van der Waals surface area contributed by atoms with E-state index in [1.807, 2.05) is 0 Å². The molecule has 0 aliphatic carbocycles. The van der Waals surface area contributed by atoms with Gasteiger partial charge in [-0.25, -0.2) is 4.39 Å². The van der Waals surface area contributed by atoms with E-state index in [9.17, 15) is 14.0 Å². The standard InChI is InChI=1S/C19H17FN4O4S2/c1-27-13-4-3-5-14(28-2)16(13)17(26)22-18-23-24-19(30-18)29-10-15(25)21-12-8-6-11(20)7-9-12/h3-9H,10H2,1-2H3,(H,21,25)(H,22,23,26). The summed E-state index contributed by atoms with van der Waals surface area (Å²) in [5.41, 5.74) is 0.739. The van der Waals surface area contributed by atoms with Crippen molar-refractivity contribution in [3.8, 4) is 11.5 Å². The molecule has 156 valence electrons. The van der Waals surface area contributed by atoms with Crippen molar-refractivity contribution in [1.29, 1.82) is 0 Å². The molecule has 0 aliphatic rings. The van der Waals surface area contributed by atoms with E-state index in [0.29, 0.717) is 21.5 Å². The number of halogens is 1. The van der Waals surface area contributed by atoms with Crippen molar-refractivity contribution in [3.63, 3.8) is 0 Å². The molecule has 2 aromatic carbocycles. The maximum atomic E-state index is 12.9. The molecule has 0 unspecified atom stereocenters.